The van der Waals surface area contributed by atoms with Gasteiger partial charge in [-0.2, -0.15) is 0 Å². The Morgan fingerprint density at radius 2 is 1.85 bits per heavy atom. The van der Waals surface area contributed by atoms with Gasteiger partial charge in [0, 0.05) is 5.54 Å². The molecule has 1 aromatic carbocycles. The molecule has 0 aromatic heterocycles. The van der Waals surface area contributed by atoms with Crippen molar-refractivity contribution in [2.45, 2.75) is 45.6 Å². The fraction of sp³-hybridized carbons (Fsp3) is 0.588. The largest absolute Gasteiger partial charge is 0.478 e. The Kier molecular flexibility index (Phi) is 3.67. The summed E-state index contributed by atoms with van der Waals surface area (Å²) in [4.78, 5) is 13.9. The SMILES string of the molecule is CN1CCC(c2ccccc2C(=O)O)C(C)(C)C1(C)C. The molecule has 1 saturated heterocycles. The van der Waals surface area contributed by atoms with Crippen LogP contribution in [0.3, 0.4) is 0 Å². The van der Waals surface area contributed by atoms with Crippen LogP contribution in [0.1, 0.15) is 56.0 Å². The Balaban J connectivity index is 2.51. The summed E-state index contributed by atoms with van der Waals surface area (Å²) in [5, 5.41) is 9.44. The predicted octanol–water partition coefficient (Wildman–Crippen LogP) is 3.61. The van der Waals surface area contributed by atoms with Crippen molar-refractivity contribution in [1.29, 1.82) is 0 Å². The molecule has 1 atom stereocenters. The van der Waals surface area contributed by atoms with Gasteiger partial charge in [0.1, 0.15) is 0 Å². The predicted molar refractivity (Wildman–Crippen MR) is 81.2 cm³/mol. The minimum absolute atomic E-state index is 0.00551. The van der Waals surface area contributed by atoms with Crippen LogP contribution >= 0.6 is 0 Å². The molecule has 0 saturated carbocycles. The lowest BCUT2D eigenvalue weighted by Gasteiger charge is -2.56. The molecule has 1 aliphatic heterocycles. The van der Waals surface area contributed by atoms with Gasteiger partial charge in [-0.05, 0) is 56.8 Å². The number of rotatable bonds is 2. The van der Waals surface area contributed by atoms with Crippen LogP contribution in [0.15, 0.2) is 24.3 Å². The van der Waals surface area contributed by atoms with Crippen molar-refractivity contribution < 1.29 is 9.90 Å². The third kappa shape index (κ3) is 2.14. The Bertz CT molecular complexity index is 519. The number of carboxylic acid groups (broad SMARTS) is 1. The Morgan fingerprint density at radius 3 is 2.45 bits per heavy atom. The van der Waals surface area contributed by atoms with E-state index in [1.807, 2.05) is 12.1 Å². The first-order valence-electron chi connectivity index (χ1n) is 7.23. The lowest BCUT2D eigenvalue weighted by molar-refractivity contribution is -0.0303. The lowest BCUT2D eigenvalue weighted by atomic mass is 9.59. The molecule has 3 nitrogen and oxygen atoms in total. The number of piperidine rings is 1. The maximum atomic E-state index is 11.5. The van der Waals surface area contributed by atoms with Gasteiger partial charge in [-0.1, -0.05) is 32.0 Å². The highest BCUT2D eigenvalue weighted by molar-refractivity contribution is 5.89. The zero-order valence-corrected chi connectivity index (χ0v) is 13.1. The van der Waals surface area contributed by atoms with Crippen LogP contribution in [-0.4, -0.2) is 35.1 Å². The number of carboxylic acids is 1. The molecular weight excluding hydrogens is 250 g/mol. The zero-order valence-electron chi connectivity index (χ0n) is 13.1. The van der Waals surface area contributed by atoms with Gasteiger partial charge in [-0.25, -0.2) is 4.79 Å². The molecule has 1 unspecified atom stereocenters. The van der Waals surface area contributed by atoms with Gasteiger partial charge >= 0.3 is 5.97 Å². The number of hydrogen-bond donors (Lipinski definition) is 1. The lowest BCUT2D eigenvalue weighted by Crippen LogP contribution is -2.58. The van der Waals surface area contributed by atoms with Crippen molar-refractivity contribution in [2.24, 2.45) is 5.41 Å². The highest BCUT2D eigenvalue weighted by Gasteiger charge is 2.49. The molecule has 1 aliphatic rings. The summed E-state index contributed by atoms with van der Waals surface area (Å²) in [6.45, 7) is 10.0. The van der Waals surface area contributed by atoms with E-state index in [0.717, 1.165) is 18.5 Å². The molecule has 1 fully saturated rings. The number of benzene rings is 1. The second kappa shape index (κ2) is 4.88. The topological polar surface area (TPSA) is 40.5 Å². The summed E-state index contributed by atoms with van der Waals surface area (Å²) in [6.07, 6.45) is 0.997. The highest BCUT2D eigenvalue weighted by Crippen LogP contribution is 2.51. The molecule has 3 heteroatoms. The van der Waals surface area contributed by atoms with Crippen LogP contribution in [0.25, 0.3) is 0 Å². The van der Waals surface area contributed by atoms with E-state index in [-0.39, 0.29) is 16.9 Å². The minimum atomic E-state index is -0.826. The Labute approximate surface area is 121 Å². The number of hydrogen-bond acceptors (Lipinski definition) is 2. The monoisotopic (exact) mass is 275 g/mol. The molecule has 20 heavy (non-hydrogen) atoms. The number of likely N-dealkylation sites (tertiary alicyclic amines) is 1. The first-order valence-corrected chi connectivity index (χ1v) is 7.23. The standard InChI is InChI=1S/C17H25NO2/c1-16(2)14(10-11-18(5)17(16,3)4)12-8-6-7-9-13(12)15(19)20/h6-9,14H,10-11H2,1-5H3,(H,19,20). The van der Waals surface area contributed by atoms with E-state index in [4.69, 9.17) is 0 Å². The van der Waals surface area contributed by atoms with Crippen molar-refractivity contribution in [1.82, 2.24) is 4.90 Å². The summed E-state index contributed by atoms with van der Waals surface area (Å²) in [7, 11) is 2.15. The van der Waals surface area contributed by atoms with Gasteiger partial charge in [-0.3, -0.25) is 0 Å². The third-order valence-electron chi connectivity index (χ3n) is 5.72. The zero-order chi connectivity index (χ0) is 15.1. The van der Waals surface area contributed by atoms with Crippen LogP contribution in [0.2, 0.25) is 0 Å². The minimum Gasteiger partial charge on any atom is -0.478 e. The van der Waals surface area contributed by atoms with Gasteiger partial charge in [0.15, 0.2) is 0 Å². The van der Waals surface area contributed by atoms with Crippen molar-refractivity contribution in [3.05, 3.63) is 35.4 Å². The summed E-state index contributed by atoms with van der Waals surface area (Å²) in [5.74, 6) is -0.561. The first kappa shape index (κ1) is 15.0. The van der Waals surface area contributed by atoms with Crippen molar-refractivity contribution in [2.75, 3.05) is 13.6 Å². The van der Waals surface area contributed by atoms with Gasteiger partial charge in [0.2, 0.25) is 0 Å². The molecule has 1 N–H and O–H groups in total. The van der Waals surface area contributed by atoms with Crippen LogP contribution < -0.4 is 0 Å². The molecular formula is C17H25NO2. The molecule has 0 radical (unpaired) electrons. The van der Waals surface area contributed by atoms with Crippen LogP contribution in [0, 0.1) is 5.41 Å². The molecule has 0 spiro atoms. The quantitative estimate of drug-likeness (QED) is 0.896. The van der Waals surface area contributed by atoms with E-state index in [1.165, 1.54) is 0 Å². The molecule has 1 heterocycles. The molecule has 1 aromatic rings. The molecule has 0 amide bonds. The molecule has 0 aliphatic carbocycles. The number of nitrogens with zero attached hydrogens (tertiary/aromatic N) is 1. The van der Waals surface area contributed by atoms with Gasteiger partial charge in [-0.15, -0.1) is 0 Å². The molecule has 2 rings (SSSR count). The average Bonchev–Trinajstić information content (AvgIpc) is 2.37. The molecule has 0 bridgehead atoms. The van der Waals surface area contributed by atoms with E-state index < -0.39 is 5.97 Å². The average molecular weight is 275 g/mol. The maximum Gasteiger partial charge on any atom is 0.335 e. The summed E-state index contributed by atoms with van der Waals surface area (Å²) in [6, 6.07) is 7.46. The van der Waals surface area contributed by atoms with E-state index in [9.17, 15) is 9.90 Å². The normalized spacial score (nSPS) is 25.4. The fourth-order valence-corrected chi connectivity index (χ4v) is 3.42. The van der Waals surface area contributed by atoms with E-state index in [1.54, 1.807) is 12.1 Å². The van der Waals surface area contributed by atoms with E-state index in [2.05, 4.69) is 39.6 Å². The van der Waals surface area contributed by atoms with Crippen molar-refractivity contribution >= 4 is 5.97 Å². The van der Waals surface area contributed by atoms with Crippen molar-refractivity contribution in [3.63, 3.8) is 0 Å². The summed E-state index contributed by atoms with van der Waals surface area (Å²) < 4.78 is 0. The van der Waals surface area contributed by atoms with Crippen LogP contribution in [0.5, 0.6) is 0 Å². The summed E-state index contributed by atoms with van der Waals surface area (Å²) >= 11 is 0. The van der Waals surface area contributed by atoms with E-state index in [0.29, 0.717) is 5.56 Å². The van der Waals surface area contributed by atoms with Gasteiger partial charge < -0.3 is 10.0 Å². The first-order chi connectivity index (χ1) is 9.19. The van der Waals surface area contributed by atoms with Crippen LogP contribution in [0.4, 0.5) is 0 Å². The maximum absolute atomic E-state index is 11.5. The highest BCUT2D eigenvalue weighted by atomic mass is 16.4. The number of aromatic carboxylic acids is 1. The second-order valence-corrected chi connectivity index (χ2v) is 6.94. The second-order valence-electron chi connectivity index (χ2n) is 6.94. The molecule has 110 valence electrons. The summed E-state index contributed by atoms with van der Waals surface area (Å²) in [5.41, 5.74) is 1.46. The Morgan fingerprint density at radius 1 is 1.25 bits per heavy atom. The number of carbonyl (C=O) groups is 1. The van der Waals surface area contributed by atoms with Gasteiger partial charge in [0.05, 0.1) is 5.56 Å². The third-order valence-corrected chi connectivity index (χ3v) is 5.72. The van der Waals surface area contributed by atoms with E-state index >= 15 is 0 Å². The van der Waals surface area contributed by atoms with Crippen LogP contribution in [-0.2, 0) is 0 Å². The van der Waals surface area contributed by atoms with Gasteiger partial charge in [0.25, 0.3) is 0 Å². The van der Waals surface area contributed by atoms with Crippen molar-refractivity contribution in [3.8, 4) is 0 Å². The fourth-order valence-electron chi connectivity index (χ4n) is 3.42. The Hall–Kier alpha value is -1.35. The smallest absolute Gasteiger partial charge is 0.335 e.